The van der Waals surface area contributed by atoms with Crippen molar-refractivity contribution in [2.24, 2.45) is 10.9 Å². The van der Waals surface area contributed by atoms with E-state index in [4.69, 9.17) is 0 Å². The van der Waals surface area contributed by atoms with Gasteiger partial charge in [0.15, 0.2) is 0 Å². The molecule has 1 saturated carbocycles. The SMILES string of the molecule is CN(C)S(=O)(=O)N1C=NC(C2CC2)(S(=O)(=O)NCc2ccc(F)cc2)N1. The van der Waals surface area contributed by atoms with Crippen molar-refractivity contribution in [1.29, 1.82) is 0 Å². The monoisotopic (exact) mass is 405 g/mol. The van der Waals surface area contributed by atoms with Crippen molar-refractivity contribution < 1.29 is 21.2 Å². The second kappa shape index (κ2) is 6.53. The molecule has 1 fully saturated rings. The van der Waals surface area contributed by atoms with E-state index in [1.54, 1.807) is 0 Å². The van der Waals surface area contributed by atoms with Crippen LogP contribution in [0, 0.1) is 11.7 Å². The van der Waals surface area contributed by atoms with Crippen molar-refractivity contribution >= 4 is 26.6 Å². The Morgan fingerprint density at radius 2 is 1.88 bits per heavy atom. The molecule has 0 spiro atoms. The third-order valence-corrected chi connectivity index (χ3v) is 7.73. The second-order valence-electron chi connectivity index (χ2n) is 6.36. The number of aliphatic imine (C=N–C) groups is 1. The lowest BCUT2D eigenvalue weighted by molar-refractivity contribution is 0.319. The maximum atomic E-state index is 13.0. The summed E-state index contributed by atoms with van der Waals surface area (Å²) in [6.07, 6.45) is 2.19. The van der Waals surface area contributed by atoms with E-state index in [0.717, 1.165) is 10.6 Å². The Morgan fingerprint density at radius 3 is 2.42 bits per heavy atom. The molecule has 1 aliphatic carbocycles. The van der Waals surface area contributed by atoms with Crippen LogP contribution in [-0.4, -0.2) is 51.0 Å². The van der Waals surface area contributed by atoms with E-state index in [1.807, 2.05) is 0 Å². The molecule has 1 heterocycles. The summed E-state index contributed by atoms with van der Waals surface area (Å²) in [5, 5.41) is 0. The number of nitrogens with one attached hydrogen (secondary N) is 2. The van der Waals surface area contributed by atoms with Crippen LogP contribution in [0.25, 0.3) is 0 Å². The minimum atomic E-state index is -4.06. The van der Waals surface area contributed by atoms with E-state index in [1.165, 1.54) is 38.4 Å². The highest BCUT2D eigenvalue weighted by atomic mass is 32.2. The highest BCUT2D eigenvalue weighted by Crippen LogP contribution is 2.45. The van der Waals surface area contributed by atoms with Gasteiger partial charge in [0.25, 0.3) is 10.0 Å². The van der Waals surface area contributed by atoms with Crippen molar-refractivity contribution in [2.45, 2.75) is 24.4 Å². The summed E-state index contributed by atoms with van der Waals surface area (Å²) in [5.41, 5.74) is 3.11. The number of hydrogen-bond acceptors (Lipinski definition) is 6. The first kappa shape index (κ1) is 19.2. The highest BCUT2D eigenvalue weighted by molar-refractivity contribution is 7.91. The molecule has 1 aliphatic heterocycles. The fourth-order valence-electron chi connectivity index (χ4n) is 2.56. The Morgan fingerprint density at radius 1 is 1.27 bits per heavy atom. The van der Waals surface area contributed by atoms with Gasteiger partial charge < -0.3 is 0 Å². The zero-order valence-electron chi connectivity index (χ0n) is 14.3. The summed E-state index contributed by atoms with van der Waals surface area (Å²) in [7, 11) is -5.30. The van der Waals surface area contributed by atoms with E-state index < -0.39 is 31.0 Å². The molecule has 9 nitrogen and oxygen atoms in total. The molecule has 0 amide bonds. The van der Waals surface area contributed by atoms with E-state index in [0.29, 0.717) is 22.8 Å². The van der Waals surface area contributed by atoms with Crippen LogP contribution in [-0.2, 0) is 26.8 Å². The molecular formula is C14H20FN5O4S2. The molecule has 2 aliphatic rings. The van der Waals surface area contributed by atoms with E-state index in [-0.39, 0.29) is 12.5 Å². The van der Waals surface area contributed by atoms with Gasteiger partial charge in [0.05, 0.1) is 0 Å². The molecule has 12 heteroatoms. The molecule has 3 rings (SSSR count). The smallest absolute Gasteiger partial charge is 0.232 e. The van der Waals surface area contributed by atoms with Gasteiger partial charge in [-0.05, 0) is 30.5 Å². The third-order valence-electron chi connectivity index (χ3n) is 4.25. The van der Waals surface area contributed by atoms with Gasteiger partial charge in [-0.15, -0.1) is 0 Å². The molecule has 0 saturated heterocycles. The Balaban J connectivity index is 1.82. The molecule has 26 heavy (non-hydrogen) atoms. The van der Waals surface area contributed by atoms with E-state index in [9.17, 15) is 21.2 Å². The maximum absolute atomic E-state index is 13.0. The van der Waals surface area contributed by atoms with Gasteiger partial charge >= 0.3 is 10.2 Å². The molecule has 1 atom stereocenters. The number of hydrazine groups is 1. The first-order valence-corrected chi connectivity index (χ1v) is 10.8. The van der Waals surface area contributed by atoms with Gasteiger partial charge in [0, 0.05) is 26.6 Å². The predicted octanol–water partition coefficient (Wildman–Crippen LogP) is -0.0362. The van der Waals surface area contributed by atoms with Crippen LogP contribution in [0.2, 0.25) is 0 Å². The quantitative estimate of drug-likeness (QED) is 0.662. The molecule has 0 bridgehead atoms. The van der Waals surface area contributed by atoms with Crippen molar-refractivity contribution in [3.05, 3.63) is 35.6 Å². The van der Waals surface area contributed by atoms with Gasteiger partial charge in [0.1, 0.15) is 12.2 Å². The van der Waals surface area contributed by atoms with E-state index >= 15 is 0 Å². The van der Waals surface area contributed by atoms with Crippen LogP contribution < -0.4 is 10.1 Å². The summed E-state index contributed by atoms with van der Waals surface area (Å²) in [6, 6.07) is 5.40. The summed E-state index contributed by atoms with van der Waals surface area (Å²) in [6.45, 7) is -0.0608. The lowest BCUT2D eigenvalue weighted by atomic mass is 10.2. The van der Waals surface area contributed by atoms with Crippen LogP contribution >= 0.6 is 0 Å². The molecule has 2 N–H and O–H groups in total. The van der Waals surface area contributed by atoms with Crippen LogP contribution in [0.5, 0.6) is 0 Å². The van der Waals surface area contributed by atoms with Crippen LogP contribution in [0.15, 0.2) is 29.3 Å². The van der Waals surface area contributed by atoms with Gasteiger partial charge in [-0.3, -0.25) is 0 Å². The lowest BCUT2D eigenvalue weighted by Gasteiger charge is -2.29. The molecule has 0 radical (unpaired) electrons. The molecular weight excluding hydrogens is 385 g/mol. The highest BCUT2D eigenvalue weighted by Gasteiger charge is 2.59. The zero-order chi connectivity index (χ0) is 19.2. The Bertz CT molecular complexity index is 913. The van der Waals surface area contributed by atoms with Gasteiger partial charge in [-0.25, -0.2) is 22.5 Å². The average molecular weight is 405 g/mol. The number of hydrogen-bond donors (Lipinski definition) is 2. The Hall–Kier alpha value is -1.60. The first-order chi connectivity index (χ1) is 12.1. The number of benzene rings is 1. The Kier molecular flexibility index (Phi) is 4.82. The maximum Gasteiger partial charge on any atom is 0.318 e. The molecule has 144 valence electrons. The van der Waals surface area contributed by atoms with Gasteiger partial charge in [0.2, 0.25) is 4.99 Å². The molecule has 1 unspecified atom stereocenters. The Labute approximate surface area is 152 Å². The molecule has 1 aromatic carbocycles. The third kappa shape index (κ3) is 3.34. The normalized spacial score (nSPS) is 23.8. The minimum Gasteiger partial charge on any atom is -0.232 e. The van der Waals surface area contributed by atoms with Crippen molar-refractivity contribution in [3.8, 4) is 0 Å². The minimum absolute atomic E-state index is 0.0608. The summed E-state index contributed by atoms with van der Waals surface area (Å²) < 4.78 is 67.4. The van der Waals surface area contributed by atoms with Crippen molar-refractivity contribution in [1.82, 2.24) is 18.9 Å². The molecule has 0 aromatic heterocycles. The van der Waals surface area contributed by atoms with Gasteiger partial charge in [-0.2, -0.15) is 22.6 Å². The lowest BCUT2D eigenvalue weighted by Crippen LogP contribution is -2.59. The van der Waals surface area contributed by atoms with E-state index in [2.05, 4.69) is 15.1 Å². The summed E-state index contributed by atoms with van der Waals surface area (Å²) in [4.78, 5) is 2.25. The number of rotatable bonds is 7. The number of sulfonamides is 1. The molecule has 1 aromatic rings. The topological polar surface area (TPSA) is 111 Å². The standard InChI is InChI=1S/C14H20FN5O4S2/c1-19(2)26(23,24)20-10-16-14(18-20,12-5-6-12)25(21,22)17-9-11-3-7-13(15)8-4-11/h3-4,7-8,10,12,17-18H,5-6,9H2,1-2H3. The predicted molar refractivity (Wildman–Crippen MR) is 93.7 cm³/mol. The van der Waals surface area contributed by atoms with Gasteiger partial charge in [-0.1, -0.05) is 12.1 Å². The largest absolute Gasteiger partial charge is 0.318 e. The van der Waals surface area contributed by atoms with Crippen LogP contribution in [0.3, 0.4) is 0 Å². The zero-order valence-corrected chi connectivity index (χ0v) is 15.9. The van der Waals surface area contributed by atoms with Crippen molar-refractivity contribution in [3.63, 3.8) is 0 Å². The number of halogens is 1. The second-order valence-corrected chi connectivity index (χ2v) is 10.3. The fourth-order valence-corrected chi connectivity index (χ4v) is 5.04. The van der Waals surface area contributed by atoms with Crippen LogP contribution in [0.4, 0.5) is 4.39 Å². The summed E-state index contributed by atoms with van der Waals surface area (Å²) in [5.74, 6) is -0.760. The summed E-state index contributed by atoms with van der Waals surface area (Å²) >= 11 is 0. The fraction of sp³-hybridized carbons (Fsp3) is 0.500. The average Bonchev–Trinajstić information content (AvgIpc) is 3.32. The first-order valence-electron chi connectivity index (χ1n) is 7.87. The van der Waals surface area contributed by atoms with Crippen LogP contribution in [0.1, 0.15) is 18.4 Å². The van der Waals surface area contributed by atoms with Crippen molar-refractivity contribution in [2.75, 3.05) is 14.1 Å². The number of nitrogens with zero attached hydrogens (tertiary/aromatic N) is 3.